The lowest BCUT2D eigenvalue weighted by atomic mass is 9.74. The number of hydrogen-bond donors (Lipinski definition) is 0. The van der Waals surface area contributed by atoms with Gasteiger partial charge in [0, 0.05) is 6.54 Å². The van der Waals surface area contributed by atoms with Gasteiger partial charge in [0.25, 0.3) is 0 Å². The molecule has 2 atom stereocenters. The first-order chi connectivity index (χ1) is 7.97. The van der Waals surface area contributed by atoms with Crippen LogP contribution in [0.15, 0.2) is 17.0 Å². The smallest absolute Gasteiger partial charge is 0.180 e. The van der Waals surface area contributed by atoms with Crippen LogP contribution in [0.3, 0.4) is 0 Å². The van der Waals surface area contributed by atoms with Crippen LogP contribution in [0, 0.1) is 11.3 Å². The molecular weight excluding hydrogens is 219 g/mol. The van der Waals surface area contributed by atoms with Gasteiger partial charge >= 0.3 is 0 Å². The number of halogens is 1. The summed E-state index contributed by atoms with van der Waals surface area (Å²) in [7, 11) is 0. The number of nitrogens with zero attached hydrogens (tertiary/aromatic N) is 2. The summed E-state index contributed by atoms with van der Waals surface area (Å²) in [5.41, 5.74) is 0.0533. The van der Waals surface area contributed by atoms with Crippen molar-refractivity contribution in [2.75, 3.05) is 13.1 Å². The van der Waals surface area contributed by atoms with Gasteiger partial charge in [0.05, 0.1) is 12.7 Å². The van der Waals surface area contributed by atoms with E-state index in [1.54, 1.807) is 6.20 Å². The van der Waals surface area contributed by atoms with Crippen LogP contribution in [-0.2, 0) is 6.54 Å². The molecule has 1 aromatic heterocycles. The molecule has 0 aliphatic carbocycles. The van der Waals surface area contributed by atoms with Gasteiger partial charge in [0.2, 0.25) is 0 Å². The monoisotopic (exact) mass is 240 g/mol. The van der Waals surface area contributed by atoms with Gasteiger partial charge in [-0.1, -0.05) is 20.8 Å². The zero-order valence-corrected chi connectivity index (χ0v) is 10.8. The quantitative estimate of drug-likeness (QED) is 0.796. The SMILES string of the molecule is CC(C)(C)[C@H]1CCN(Cc2cnco2)C[C@H]1F. The van der Waals surface area contributed by atoms with Gasteiger partial charge in [-0.25, -0.2) is 9.37 Å². The lowest BCUT2D eigenvalue weighted by Gasteiger charge is -2.40. The Kier molecular flexibility index (Phi) is 3.52. The Morgan fingerprint density at radius 3 is 2.82 bits per heavy atom. The zero-order chi connectivity index (χ0) is 12.5. The normalized spacial score (nSPS) is 27.3. The minimum Gasteiger partial charge on any atom is -0.447 e. The maximum absolute atomic E-state index is 14.1. The van der Waals surface area contributed by atoms with Crippen LogP contribution in [0.25, 0.3) is 0 Å². The molecule has 96 valence electrons. The first-order valence-electron chi connectivity index (χ1n) is 6.20. The van der Waals surface area contributed by atoms with Crippen LogP contribution in [0.4, 0.5) is 4.39 Å². The van der Waals surface area contributed by atoms with Crippen LogP contribution in [0.2, 0.25) is 0 Å². The molecule has 2 rings (SSSR count). The third kappa shape index (κ3) is 3.06. The molecule has 0 saturated carbocycles. The van der Waals surface area contributed by atoms with E-state index >= 15 is 0 Å². The van der Waals surface area contributed by atoms with E-state index in [0.29, 0.717) is 13.1 Å². The van der Waals surface area contributed by atoms with E-state index in [9.17, 15) is 4.39 Å². The van der Waals surface area contributed by atoms with E-state index in [-0.39, 0.29) is 11.3 Å². The Morgan fingerprint density at radius 2 is 2.29 bits per heavy atom. The molecule has 0 aromatic carbocycles. The molecule has 1 fully saturated rings. The standard InChI is InChI=1S/C13H21FN2O/c1-13(2,3)11-4-5-16(8-12(11)14)7-10-6-15-9-17-10/h6,9,11-12H,4-5,7-8H2,1-3H3/t11-,12+/m0/s1. The zero-order valence-electron chi connectivity index (χ0n) is 10.8. The molecule has 3 nitrogen and oxygen atoms in total. The summed E-state index contributed by atoms with van der Waals surface area (Å²) in [5, 5.41) is 0. The summed E-state index contributed by atoms with van der Waals surface area (Å²) in [4.78, 5) is 5.98. The topological polar surface area (TPSA) is 29.3 Å². The highest BCUT2D eigenvalue weighted by Gasteiger charge is 2.36. The molecule has 2 heterocycles. The van der Waals surface area contributed by atoms with Gasteiger partial charge in [-0.2, -0.15) is 0 Å². The van der Waals surface area contributed by atoms with Crippen molar-refractivity contribution >= 4 is 0 Å². The maximum Gasteiger partial charge on any atom is 0.180 e. The van der Waals surface area contributed by atoms with Gasteiger partial charge in [-0.3, -0.25) is 4.90 Å². The fourth-order valence-electron chi connectivity index (χ4n) is 2.63. The fourth-order valence-corrected chi connectivity index (χ4v) is 2.63. The van der Waals surface area contributed by atoms with Gasteiger partial charge in [0.15, 0.2) is 6.39 Å². The Hall–Kier alpha value is -0.900. The molecule has 1 saturated heterocycles. The predicted octanol–water partition coefficient (Wildman–Crippen LogP) is 2.88. The van der Waals surface area contributed by atoms with Crippen LogP contribution < -0.4 is 0 Å². The minimum absolute atomic E-state index is 0.0533. The third-order valence-corrected chi connectivity index (χ3v) is 3.60. The van der Waals surface area contributed by atoms with Crippen molar-refractivity contribution < 1.29 is 8.81 Å². The molecule has 1 aliphatic heterocycles. The first kappa shape index (κ1) is 12.6. The van der Waals surface area contributed by atoms with Crippen molar-refractivity contribution in [2.24, 2.45) is 11.3 Å². The molecule has 4 heteroatoms. The molecule has 1 aliphatic rings. The van der Waals surface area contributed by atoms with E-state index in [0.717, 1.165) is 18.7 Å². The highest BCUT2D eigenvalue weighted by Crippen LogP contribution is 2.36. The number of hydrogen-bond acceptors (Lipinski definition) is 3. The molecule has 17 heavy (non-hydrogen) atoms. The molecule has 1 aromatic rings. The van der Waals surface area contributed by atoms with Gasteiger partial charge < -0.3 is 4.42 Å². The summed E-state index contributed by atoms with van der Waals surface area (Å²) in [5.74, 6) is 0.972. The molecular formula is C13H21FN2O. The lowest BCUT2D eigenvalue weighted by Crippen LogP contribution is -2.45. The third-order valence-electron chi connectivity index (χ3n) is 3.60. The van der Waals surface area contributed by atoms with Crippen molar-refractivity contribution in [1.82, 2.24) is 9.88 Å². The Morgan fingerprint density at radius 1 is 1.53 bits per heavy atom. The molecule has 0 spiro atoms. The second-order valence-electron chi connectivity index (χ2n) is 5.98. The van der Waals surface area contributed by atoms with Crippen molar-refractivity contribution in [3.05, 3.63) is 18.4 Å². The van der Waals surface area contributed by atoms with Crippen LogP contribution in [-0.4, -0.2) is 29.1 Å². The molecule has 0 N–H and O–H groups in total. The molecule has 0 bridgehead atoms. The Bertz CT molecular complexity index is 345. The van der Waals surface area contributed by atoms with Crippen molar-refractivity contribution in [3.8, 4) is 0 Å². The fraction of sp³-hybridized carbons (Fsp3) is 0.769. The lowest BCUT2D eigenvalue weighted by molar-refractivity contribution is 0.0210. The highest BCUT2D eigenvalue weighted by atomic mass is 19.1. The second kappa shape index (κ2) is 4.77. The van der Waals surface area contributed by atoms with Crippen LogP contribution in [0.5, 0.6) is 0 Å². The number of aromatic nitrogens is 1. The maximum atomic E-state index is 14.1. The highest BCUT2D eigenvalue weighted by molar-refractivity contribution is 4.92. The minimum atomic E-state index is -0.744. The average molecular weight is 240 g/mol. The van der Waals surface area contributed by atoms with E-state index in [2.05, 4.69) is 30.7 Å². The number of likely N-dealkylation sites (tertiary alicyclic amines) is 1. The van der Waals surface area contributed by atoms with Crippen molar-refractivity contribution in [3.63, 3.8) is 0 Å². The first-order valence-corrected chi connectivity index (χ1v) is 6.20. The molecule has 0 radical (unpaired) electrons. The summed E-state index contributed by atoms with van der Waals surface area (Å²) >= 11 is 0. The van der Waals surface area contributed by atoms with E-state index < -0.39 is 6.17 Å². The van der Waals surface area contributed by atoms with Gasteiger partial charge in [-0.05, 0) is 24.3 Å². The van der Waals surface area contributed by atoms with Crippen molar-refractivity contribution in [1.29, 1.82) is 0 Å². The van der Waals surface area contributed by atoms with Gasteiger partial charge in [0.1, 0.15) is 11.9 Å². The summed E-state index contributed by atoms with van der Waals surface area (Å²) < 4.78 is 19.3. The summed E-state index contributed by atoms with van der Waals surface area (Å²) in [6, 6.07) is 0. The number of alkyl halides is 1. The van der Waals surface area contributed by atoms with Crippen LogP contribution >= 0.6 is 0 Å². The second-order valence-corrected chi connectivity index (χ2v) is 5.98. The number of piperidine rings is 1. The van der Waals surface area contributed by atoms with E-state index in [4.69, 9.17) is 4.42 Å². The van der Waals surface area contributed by atoms with Gasteiger partial charge in [-0.15, -0.1) is 0 Å². The Balaban J connectivity index is 1.91. The largest absolute Gasteiger partial charge is 0.447 e. The number of rotatable bonds is 2. The van der Waals surface area contributed by atoms with Crippen LogP contribution in [0.1, 0.15) is 33.0 Å². The summed E-state index contributed by atoms with van der Waals surface area (Å²) in [6.45, 7) is 8.46. The molecule has 0 unspecified atom stereocenters. The average Bonchev–Trinajstić information content (AvgIpc) is 2.68. The predicted molar refractivity (Wildman–Crippen MR) is 64.2 cm³/mol. The Labute approximate surface area is 102 Å². The van der Waals surface area contributed by atoms with E-state index in [1.165, 1.54) is 6.39 Å². The van der Waals surface area contributed by atoms with E-state index in [1.807, 2.05) is 0 Å². The summed E-state index contributed by atoms with van der Waals surface area (Å²) in [6.07, 6.45) is 3.29. The molecule has 0 amide bonds. The number of oxazole rings is 1. The van der Waals surface area contributed by atoms with Crippen molar-refractivity contribution in [2.45, 2.75) is 39.9 Å².